The van der Waals surface area contributed by atoms with E-state index in [1.165, 1.54) is 0 Å². The molecular formula is C12H13NO. The molecule has 0 saturated heterocycles. The lowest BCUT2D eigenvalue weighted by molar-refractivity contribution is 0.151. The average Bonchev–Trinajstić information content (AvgIpc) is 2.84. The zero-order chi connectivity index (χ0) is 10.0. The maximum atomic E-state index is 9.74. The van der Waals surface area contributed by atoms with Gasteiger partial charge in [0.2, 0.25) is 0 Å². The topological polar surface area (TPSA) is 44.0 Å². The van der Waals surface area contributed by atoms with Crippen LogP contribution in [0.1, 0.15) is 24.0 Å². The Hall–Kier alpha value is -1.33. The van der Waals surface area contributed by atoms with E-state index in [0.29, 0.717) is 6.42 Å². The molecule has 0 amide bonds. The molecule has 1 saturated carbocycles. The van der Waals surface area contributed by atoms with Crippen LogP contribution in [0.15, 0.2) is 24.3 Å². The summed E-state index contributed by atoms with van der Waals surface area (Å²) in [5, 5.41) is 18.3. The van der Waals surface area contributed by atoms with Crippen molar-refractivity contribution in [2.45, 2.75) is 31.3 Å². The third-order valence-electron chi connectivity index (χ3n) is 2.63. The highest BCUT2D eigenvalue weighted by Gasteiger charge is 2.39. The van der Waals surface area contributed by atoms with Crippen LogP contribution < -0.4 is 0 Å². The highest BCUT2D eigenvalue weighted by Crippen LogP contribution is 2.38. The summed E-state index contributed by atoms with van der Waals surface area (Å²) in [6.07, 6.45) is 3.00. The fourth-order valence-corrected chi connectivity index (χ4v) is 1.64. The molecule has 0 radical (unpaired) electrons. The van der Waals surface area contributed by atoms with Gasteiger partial charge in [0.25, 0.3) is 0 Å². The van der Waals surface area contributed by atoms with Crippen molar-refractivity contribution < 1.29 is 5.11 Å². The molecule has 0 aliphatic heterocycles. The molecule has 0 aromatic heterocycles. The SMILES string of the molecule is N#CCc1cccc(CC2(O)CC2)c1. The van der Waals surface area contributed by atoms with Gasteiger partial charge in [-0.3, -0.25) is 0 Å². The van der Waals surface area contributed by atoms with Gasteiger partial charge in [-0.25, -0.2) is 0 Å². The Labute approximate surface area is 83.8 Å². The number of nitrogens with zero attached hydrogens (tertiary/aromatic N) is 1. The van der Waals surface area contributed by atoms with Crippen molar-refractivity contribution in [1.29, 1.82) is 5.26 Å². The van der Waals surface area contributed by atoms with E-state index in [2.05, 4.69) is 6.07 Å². The van der Waals surface area contributed by atoms with Crippen LogP contribution in [0.4, 0.5) is 0 Å². The molecule has 0 bridgehead atoms. The predicted octanol–water partition coefficient (Wildman–Crippen LogP) is 1.82. The van der Waals surface area contributed by atoms with Crippen molar-refractivity contribution in [3.05, 3.63) is 35.4 Å². The Morgan fingerprint density at radius 3 is 2.71 bits per heavy atom. The number of benzene rings is 1. The van der Waals surface area contributed by atoms with Gasteiger partial charge in [0.05, 0.1) is 18.1 Å². The van der Waals surface area contributed by atoms with Gasteiger partial charge in [-0.2, -0.15) is 5.26 Å². The molecule has 2 heteroatoms. The zero-order valence-electron chi connectivity index (χ0n) is 8.03. The number of hydrogen-bond donors (Lipinski definition) is 1. The van der Waals surface area contributed by atoms with Crippen LogP contribution in [0.5, 0.6) is 0 Å². The fourth-order valence-electron chi connectivity index (χ4n) is 1.64. The number of aliphatic hydroxyl groups is 1. The first-order chi connectivity index (χ1) is 6.72. The first kappa shape index (κ1) is 9.23. The highest BCUT2D eigenvalue weighted by molar-refractivity contribution is 5.27. The Bertz CT molecular complexity index is 374. The normalized spacial score (nSPS) is 17.4. The van der Waals surface area contributed by atoms with Gasteiger partial charge >= 0.3 is 0 Å². The lowest BCUT2D eigenvalue weighted by Gasteiger charge is -2.07. The van der Waals surface area contributed by atoms with Crippen molar-refractivity contribution in [2.75, 3.05) is 0 Å². The van der Waals surface area contributed by atoms with Crippen LogP contribution in [0, 0.1) is 11.3 Å². The Morgan fingerprint density at radius 1 is 1.36 bits per heavy atom. The van der Waals surface area contributed by atoms with Crippen LogP contribution in [0.25, 0.3) is 0 Å². The molecule has 14 heavy (non-hydrogen) atoms. The van der Waals surface area contributed by atoms with Crippen LogP contribution in [0.3, 0.4) is 0 Å². The number of rotatable bonds is 3. The first-order valence-corrected chi connectivity index (χ1v) is 4.89. The molecule has 1 aliphatic carbocycles. The van der Waals surface area contributed by atoms with E-state index in [1.807, 2.05) is 24.3 Å². The van der Waals surface area contributed by atoms with E-state index >= 15 is 0 Å². The van der Waals surface area contributed by atoms with Gasteiger partial charge < -0.3 is 5.11 Å². The molecule has 0 atom stereocenters. The minimum absolute atomic E-state index is 0.439. The summed E-state index contributed by atoms with van der Waals surface area (Å²) >= 11 is 0. The number of nitriles is 1. The summed E-state index contributed by atoms with van der Waals surface area (Å²) in [6.45, 7) is 0. The molecule has 0 spiro atoms. The summed E-state index contributed by atoms with van der Waals surface area (Å²) in [4.78, 5) is 0. The van der Waals surface area contributed by atoms with Gasteiger partial charge in [0.1, 0.15) is 0 Å². The Morgan fingerprint density at radius 2 is 2.07 bits per heavy atom. The predicted molar refractivity (Wildman–Crippen MR) is 53.6 cm³/mol. The minimum Gasteiger partial charge on any atom is -0.390 e. The molecule has 2 rings (SSSR count). The van der Waals surface area contributed by atoms with Crippen molar-refractivity contribution in [3.63, 3.8) is 0 Å². The summed E-state index contributed by atoms with van der Waals surface area (Å²) in [6, 6.07) is 10.1. The minimum atomic E-state index is -0.439. The van der Waals surface area contributed by atoms with Crippen LogP contribution in [-0.4, -0.2) is 10.7 Å². The molecule has 1 fully saturated rings. The lowest BCUT2D eigenvalue weighted by Crippen LogP contribution is -2.10. The molecule has 1 N–H and O–H groups in total. The number of hydrogen-bond acceptors (Lipinski definition) is 2. The van der Waals surface area contributed by atoms with Crippen LogP contribution in [-0.2, 0) is 12.8 Å². The second kappa shape index (κ2) is 3.43. The smallest absolute Gasteiger partial charge is 0.0690 e. The van der Waals surface area contributed by atoms with Gasteiger partial charge in [0, 0.05) is 6.42 Å². The standard InChI is InChI=1S/C12H13NO/c13-7-4-10-2-1-3-11(8-10)9-12(14)5-6-12/h1-3,8,14H,4-6,9H2. The Balaban J connectivity index is 2.10. The zero-order valence-corrected chi connectivity index (χ0v) is 8.03. The first-order valence-electron chi connectivity index (χ1n) is 4.89. The molecule has 0 heterocycles. The molecular weight excluding hydrogens is 174 g/mol. The quantitative estimate of drug-likeness (QED) is 0.784. The van der Waals surface area contributed by atoms with Gasteiger partial charge in [-0.1, -0.05) is 24.3 Å². The molecule has 1 aromatic rings. The summed E-state index contributed by atoms with van der Waals surface area (Å²) in [5.41, 5.74) is 1.73. The highest BCUT2D eigenvalue weighted by atomic mass is 16.3. The second-order valence-electron chi connectivity index (χ2n) is 4.06. The van der Waals surface area contributed by atoms with Gasteiger partial charge in [-0.15, -0.1) is 0 Å². The van der Waals surface area contributed by atoms with Crippen LogP contribution >= 0.6 is 0 Å². The maximum absolute atomic E-state index is 9.74. The van der Waals surface area contributed by atoms with E-state index in [0.717, 1.165) is 30.4 Å². The Kier molecular flexibility index (Phi) is 2.26. The molecule has 1 aliphatic rings. The molecule has 72 valence electrons. The van der Waals surface area contributed by atoms with Crippen molar-refractivity contribution in [3.8, 4) is 6.07 Å². The molecule has 0 unspecified atom stereocenters. The third-order valence-corrected chi connectivity index (χ3v) is 2.63. The summed E-state index contributed by atoms with van der Waals surface area (Å²) in [5.74, 6) is 0. The van der Waals surface area contributed by atoms with Crippen molar-refractivity contribution in [2.24, 2.45) is 0 Å². The summed E-state index contributed by atoms with van der Waals surface area (Å²) < 4.78 is 0. The average molecular weight is 187 g/mol. The van der Waals surface area contributed by atoms with E-state index < -0.39 is 5.60 Å². The van der Waals surface area contributed by atoms with Crippen molar-refractivity contribution >= 4 is 0 Å². The van der Waals surface area contributed by atoms with Crippen LogP contribution in [0.2, 0.25) is 0 Å². The summed E-state index contributed by atoms with van der Waals surface area (Å²) in [7, 11) is 0. The third kappa shape index (κ3) is 2.12. The van der Waals surface area contributed by atoms with E-state index in [1.54, 1.807) is 0 Å². The lowest BCUT2D eigenvalue weighted by atomic mass is 10.0. The molecule has 1 aromatic carbocycles. The molecule has 2 nitrogen and oxygen atoms in total. The monoisotopic (exact) mass is 187 g/mol. The van der Waals surface area contributed by atoms with E-state index in [4.69, 9.17) is 5.26 Å². The maximum Gasteiger partial charge on any atom is 0.0690 e. The van der Waals surface area contributed by atoms with E-state index in [9.17, 15) is 5.11 Å². The fraction of sp³-hybridized carbons (Fsp3) is 0.417. The second-order valence-corrected chi connectivity index (χ2v) is 4.06. The van der Waals surface area contributed by atoms with Gasteiger partial charge in [-0.05, 0) is 24.0 Å². The van der Waals surface area contributed by atoms with Gasteiger partial charge in [0.15, 0.2) is 0 Å². The van der Waals surface area contributed by atoms with E-state index in [-0.39, 0.29) is 0 Å². The largest absolute Gasteiger partial charge is 0.390 e. The van der Waals surface area contributed by atoms with Crippen molar-refractivity contribution in [1.82, 2.24) is 0 Å².